The van der Waals surface area contributed by atoms with Gasteiger partial charge in [-0.1, -0.05) is 19.9 Å². The largest absolute Gasteiger partial charge is 0.378 e. The minimum atomic E-state index is 0.420. The zero-order valence-electron chi connectivity index (χ0n) is 19.1. The number of aromatic amines is 1. The van der Waals surface area contributed by atoms with Gasteiger partial charge in [-0.3, -0.25) is 4.90 Å². The van der Waals surface area contributed by atoms with E-state index in [0.29, 0.717) is 17.9 Å². The molecular formula is C26H31N5O. The Morgan fingerprint density at radius 1 is 1.09 bits per heavy atom. The van der Waals surface area contributed by atoms with Crippen LogP contribution in [0.3, 0.4) is 0 Å². The number of rotatable bonds is 4. The lowest BCUT2D eigenvalue weighted by Gasteiger charge is -2.41. The molecule has 6 nitrogen and oxygen atoms in total. The van der Waals surface area contributed by atoms with Crippen LogP contribution in [0.25, 0.3) is 27.8 Å². The smallest absolute Gasteiger partial charge is 0.156 e. The maximum absolute atomic E-state index is 5.39. The minimum Gasteiger partial charge on any atom is -0.378 e. The van der Waals surface area contributed by atoms with Gasteiger partial charge in [0, 0.05) is 22.2 Å². The number of hydrogen-bond acceptors (Lipinski definition) is 4. The second kappa shape index (κ2) is 7.71. The van der Waals surface area contributed by atoms with Crippen molar-refractivity contribution in [1.29, 1.82) is 0 Å². The number of H-pyrrole nitrogens is 1. The highest BCUT2D eigenvalue weighted by atomic mass is 16.5. The number of pyridine rings is 1. The van der Waals surface area contributed by atoms with Gasteiger partial charge in [-0.05, 0) is 80.1 Å². The molecule has 3 aromatic heterocycles. The van der Waals surface area contributed by atoms with Crippen LogP contribution in [0.1, 0.15) is 55.3 Å². The van der Waals surface area contributed by atoms with Crippen molar-refractivity contribution in [3.8, 4) is 11.3 Å². The van der Waals surface area contributed by atoms with E-state index in [4.69, 9.17) is 4.74 Å². The van der Waals surface area contributed by atoms with Crippen LogP contribution in [0.2, 0.25) is 0 Å². The maximum atomic E-state index is 5.39. The highest BCUT2D eigenvalue weighted by Crippen LogP contribution is 2.39. The number of ether oxygens (including phenoxy) is 1. The number of likely N-dealkylation sites (tertiary alicyclic amines) is 1. The molecule has 1 N–H and O–H groups in total. The quantitative estimate of drug-likeness (QED) is 0.502. The number of fused-ring (bicyclic) bond motifs is 2. The number of hydrogen-bond donors (Lipinski definition) is 1. The average Bonchev–Trinajstić information content (AvgIpc) is 3.37. The number of aromatic nitrogens is 4. The lowest BCUT2D eigenvalue weighted by molar-refractivity contribution is -0.0712. The molecular weight excluding hydrogens is 398 g/mol. The Kier molecular flexibility index (Phi) is 4.81. The molecule has 2 fully saturated rings. The first kappa shape index (κ1) is 19.9. The predicted octanol–water partition coefficient (Wildman–Crippen LogP) is 4.89. The van der Waals surface area contributed by atoms with Gasteiger partial charge in [-0.25, -0.2) is 9.50 Å². The van der Waals surface area contributed by atoms with E-state index < -0.39 is 0 Å². The van der Waals surface area contributed by atoms with Crippen LogP contribution in [-0.4, -0.2) is 56.8 Å². The van der Waals surface area contributed by atoms with Crippen molar-refractivity contribution in [2.45, 2.75) is 51.5 Å². The molecule has 32 heavy (non-hydrogen) atoms. The fraction of sp³-hybridized carbons (Fsp3) is 0.462. The van der Waals surface area contributed by atoms with E-state index in [0.717, 1.165) is 24.6 Å². The fourth-order valence-electron chi connectivity index (χ4n) is 5.58. The Bertz CT molecular complexity index is 1270. The molecule has 6 heteroatoms. The summed E-state index contributed by atoms with van der Waals surface area (Å²) in [5.74, 6) is 1.06. The molecule has 2 aliphatic rings. The first-order valence-corrected chi connectivity index (χ1v) is 11.9. The van der Waals surface area contributed by atoms with E-state index in [-0.39, 0.29) is 0 Å². The molecule has 1 aromatic carbocycles. The summed E-state index contributed by atoms with van der Waals surface area (Å²) < 4.78 is 7.28. The first-order chi connectivity index (χ1) is 15.6. The van der Waals surface area contributed by atoms with Crippen molar-refractivity contribution in [1.82, 2.24) is 24.5 Å². The third-order valence-corrected chi connectivity index (χ3v) is 7.42. The van der Waals surface area contributed by atoms with Gasteiger partial charge in [0.25, 0.3) is 0 Å². The standard InChI is InChI=1S/C26H31N5O/c1-16(2)25-22-11-19(18-6-8-30(9-7-18)21-13-32-14-21)4-5-23(22)29-26(25)20-10-17(3)31-24(12-20)27-15-28-31/h4-5,10-12,15-16,18,21,29H,6-9,13-14H2,1-3H3. The minimum absolute atomic E-state index is 0.420. The summed E-state index contributed by atoms with van der Waals surface area (Å²) in [4.78, 5) is 10.8. The Morgan fingerprint density at radius 2 is 1.91 bits per heavy atom. The van der Waals surface area contributed by atoms with Gasteiger partial charge in [0.15, 0.2) is 5.65 Å². The van der Waals surface area contributed by atoms with Gasteiger partial charge in [0.2, 0.25) is 0 Å². The monoisotopic (exact) mass is 429 g/mol. The molecule has 5 heterocycles. The summed E-state index contributed by atoms with van der Waals surface area (Å²) in [7, 11) is 0. The van der Waals surface area contributed by atoms with Crippen molar-refractivity contribution in [3.63, 3.8) is 0 Å². The summed E-state index contributed by atoms with van der Waals surface area (Å²) in [6.07, 6.45) is 4.09. The van der Waals surface area contributed by atoms with Crippen LogP contribution >= 0.6 is 0 Å². The van der Waals surface area contributed by atoms with E-state index in [9.17, 15) is 0 Å². The summed E-state index contributed by atoms with van der Waals surface area (Å²) in [5, 5.41) is 5.69. The number of nitrogens with zero attached hydrogens (tertiary/aromatic N) is 4. The maximum Gasteiger partial charge on any atom is 0.156 e. The summed E-state index contributed by atoms with van der Waals surface area (Å²) in [5.41, 5.74) is 8.47. The van der Waals surface area contributed by atoms with Crippen molar-refractivity contribution in [2.24, 2.45) is 0 Å². The molecule has 2 aliphatic heterocycles. The molecule has 0 saturated carbocycles. The summed E-state index contributed by atoms with van der Waals surface area (Å²) >= 11 is 0. The zero-order valence-corrected chi connectivity index (χ0v) is 19.1. The van der Waals surface area contributed by atoms with E-state index in [1.165, 1.54) is 59.2 Å². The van der Waals surface area contributed by atoms with Crippen molar-refractivity contribution in [3.05, 3.63) is 53.5 Å². The molecule has 0 radical (unpaired) electrons. The number of aryl methyl sites for hydroxylation is 1. The Labute approximate surface area is 188 Å². The van der Waals surface area contributed by atoms with Gasteiger partial charge >= 0.3 is 0 Å². The van der Waals surface area contributed by atoms with Crippen LogP contribution in [-0.2, 0) is 4.74 Å². The number of benzene rings is 1. The second-order valence-electron chi connectivity index (χ2n) is 9.79. The van der Waals surface area contributed by atoms with Gasteiger partial charge in [0.1, 0.15) is 6.33 Å². The Balaban J connectivity index is 1.37. The number of nitrogens with one attached hydrogen (secondary N) is 1. The van der Waals surface area contributed by atoms with E-state index >= 15 is 0 Å². The van der Waals surface area contributed by atoms with Crippen LogP contribution in [0.5, 0.6) is 0 Å². The van der Waals surface area contributed by atoms with Crippen molar-refractivity contribution >= 4 is 16.6 Å². The van der Waals surface area contributed by atoms with Crippen LogP contribution in [0.15, 0.2) is 36.7 Å². The number of piperidine rings is 1. The Hall–Kier alpha value is -2.70. The van der Waals surface area contributed by atoms with Gasteiger partial charge in [-0.15, -0.1) is 0 Å². The van der Waals surface area contributed by atoms with E-state index in [1.54, 1.807) is 6.33 Å². The predicted molar refractivity (Wildman–Crippen MR) is 127 cm³/mol. The van der Waals surface area contributed by atoms with E-state index in [2.05, 4.69) is 71.1 Å². The third kappa shape index (κ3) is 3.24. The topological polar surface area (TPSA) is 58.5 Å². The van der Waals surface area contributed by atoms with E-state index in [1.807, 2.05) is 4.52 Å². The highest BCUT2D eigenvalue weighted by molar-refractivity contribution is 5.92. The van der Waals surface area contributed by atoms with Gasteiger partial charge in [0.05, 0.1) is 24.9 Å². The van der Waals surface area contributed by atoms with Crippen LogP contribution in [0, 0.1) is 6.92 Å². The summed E-state index contributed by atoms with van der Waals surface area (Å²) in [6.45, 7) is 10.9. The van der Waals surface area contributed by atoms with Gasteiger partial charge in [-0.2, -0.15) is 5.10 Å². The SMILES string of the molecule is Cc1cc(-c2[nH]c3ccc(C4CCN(C5COC5)CC4)cc3c2C(C)C)cc2ncnn12. The molecule has 166 valence electrons. The molecule has 0 unspecified atom stereocenters. The zero-order chi connectivity index (χ0) is 21.8. The average molecular weight is 430 g/mol. The fourth-order valence-corrected chi connectivity index (χ4v) is 5.58. The van der Waals surface area contributed by atoms with Gasteiger partial charge < -0.3 is 9.72 Å². The normalized spacial score (nSPS) is 18.8. The molecule has 0 amide bonds. The lowest BCUT2D eigenvalue weighted by Crippen LogP contribution is -2.51. The molecule has 4 aromatic rings. The molecule has 6 rings (SSSR count). The van der Waals surface area contributed by atoms with Crippen molar-refractivity contribution < 1.29 is 4.74 Å². The highest BCUT2D eigenvalue weighted by Gasteiger charge is 2.30. The second-order valence-corrected chi connectivity index (χ2v) is 9.79. The molecule has 0 spiro atoms. The molecule has 0 atom stereocenters. The first-order valence-electron chi connectivity index (χ1n) is 11.9. The molecule has 0 bridgehead atoms. The van der Waals surface area contributed by atoms with Crippen LogP contribution in [0.4, 0.5) is 0 Å². The lowest BCUT2D eigenvalue weighted by atomic mass is 9.87. The molecule has 2 saturated heterocycles. The van der Waals surface area contributed by atoms with Crippen molar-refractivity contribution in [2.75, 3.05) is 26.3 Å². The molecule has 0 aliphatic carbocycles. The Morgan fingerprint density at radius 3 is 2.62 bits per heavy atom. The third-order valence-electron chi connectivity index (χ3n) is 7.42. The van der Waals surface area contributed by atoms with Crippen LogP contribution < -0.4 is 0 Å². The summed E-state index contributed by atoms with van der Waals surface area (Å²) in [6, 6.07) is 12.1.